The molecular weight excluding hydrogens is 282 g/mol. The molecule has 1 aliphatic carbocycles. The monoisotopic (exact) mass is 305 g/mol. The zero-order chi connectivity index (χ0) is 14.4. The summed E-state index contributed by atoms with van der Waals surface area (Å²) < 4.78 is 0. The summed E-state index contributed by atoms with van der Waals surface area (Å²) in [6, 6.07) is 4.33. The van der Waals surface area contributed by atoms with Gasteiger partial charge < -0.3 is 9.80 Å². The number of hydrogen-bond donors (Lipinski definition) is 1. The highest BCUT2D eigenvalue weighted by Crippen LogP contribution is 2.46. The van der Waals surface area contributed by atoms with E-state index in [1.54, 1.807) is 0 Å². The Hall–Kier alpha value is -0.910. The minimum atomic E-state index is -0.215. The largest absolute Gasteiger partial charge is 0.319 e. The fourth-order valence-electron chi connectivity index (χ4n) is 3.59. The molecule has 5 heteroatoms. The predicted molar refractivity (Wildman–Crippen MR) is 84.3 cm³/mol. The van der Waals surface area contributed by atoms with Gasteiger partial charge in [0.15, 0.2) is 0 Å². The molecule has 0 bridgehead atoms. The predicted octanol–water partition coefficient (Wildman–Crippen LogP) is 2.12. The number of carbonyl (C=O) groups excluding carboxylic acids is 1. The van der Waals surface area contributed by atoms with E-state index in [0.717, 1.165) is 25.9 Å². The highest BCUT2D eigenvalue weighted by Gasteiger charge is 2.59. The van der Waals surface area contributed by atoms with Gasteiger partial charge in [0, 0.05) is 22.8 Å². The third-order valence-electron chi connectivity index (χ3n) is 5.03. The van der Waals surface area contributed by atoms with Crippen molar-refractivity contribution in [1.82, 2.24) is 15.1 Å². The van der Waals surface area contributed by atoms with Gasteiger partial charge in [-0.3, -0.25) is 10.1 Å². The molecule has 2 saturated heterocycles. The molecule has 1 N–H and O–H groups in total. The van der Waals surface area contributed by atoms with E-state index in [0.29, 0.717) is 5.91 Å². The Morgan fingerprint density at radius 3 is 2.67 bits per heavy atom. The van der Waals surface area contributed by atoms with Gasteiger partial charge >= 0.3 is 0 Å². The molecule has 21 heavy (non-hydrogen) atoms. The van der Waals surface area contributed by atoms with Crippen molar-refractivity contribution in [2.75, 3.05) is 26.2 Å². The lowest BCUT2D eigenvalue weighted by Gasteiger charge is -2.26. The first-order valence-electron chi connectivity index (χ1n) is 8.05. The molecule has 1 aromatic rings. The molecule has 0 radical (unpaired) electrons. The summed E-state index contributed by atoms with van der Waals surface area (Å²) in [5.41, 5.74) is -0.215. The quantitative estimate of drug-likeness (QED) is 0.925. The normalized spacial score (nSPS) is 28.0. The Bertz CT molecular complexity index is 545. The second-order valence-corrected chi connectivity index (χ2v) is 7.94. The number of aryl methyl sites for hydroxylation is 1. The maximum absolute atomic E-state index is 12.7. The molecule has 114 valence electrons. The topological polar surface area (TPSA) is 35.6 Å². The summed E-state index contributed by atoms with van der Waals surface area (Å²) >= 11 is 1.81. The molecule has 4 rings (SSSR count). The lowest BCUT2D eigenvalue weighted by atomic mass is 10.3. The van der Waals surface area contributed by atoms with Crippen LogP contribution in [0.15, 0.2) is 12.1 Å². The smallest absolute Gasteiger partial charge is 0.244 e. The zero-order valence-electron chi connectivity index (χ0n) is 12.6. The minimum absolute atomic E-state index is 0.0984. The van der Waals surface area contributed by atoms with Crippen LogP contribution >= 0.6 is 11.3 Å². The summed E-state index contributed by atoms with van der Waals surface area (Å²) in [6.45, 7) is 6.40. The summed E-state index contributed by atoms with van der Waals surface area (Å²) in [4.78, 5) is 19.9. The minimum Gasteiger partial charge on any atom is -0.319 e. The van der Waals surface area contributed by atoms with Gasteiger partial charge in [0.25, 0.3) is 0 Å². The van der Waals surface area contributed by atoms with Gasteiger partial charge in [-0.2, -0.15) is 0 Å². The number of rotatable bonds is 4. The first-order chi connectivity index (χ1) is 10.2. The molecule has 3 aliphatic rings. The Balaban J connectivity index is 1.51. The SMILES string of the molecule is Cc1ccc(C2NC3(CC3)C(=O)N2CCN2CCCC2)s1. The fourth-order valence-corrected chi connectivity index (χ4v) is 4.53. The number of nitrogens with one attached hydrogen (secondary N) is 1. The molecular formula is C16H23N3OS. The van der Waals surface area contributed by atoms with Crippen molar-refractivity contribution >= 4 is 17.2 Å². The number of carbonyl (C=O) groups is 1. The first kappa shape index (κ1) is 13.7. The van der Waals surface area contributed by atoms with Gasteiger partial charge in [-0.05, 0) is 57.8 Å². The van der Waals surface area contributed by atoms with Crippen LogP contribution in [0.3, 0.4) is 0 Å². The van der Waals surface area contributed by atoms with Crippen LogP contribution in [0.5, 0.6) is 0 Å². The van der Waals surface area contributed by atoms with E-state index in [1.165, 1.54) is 35.7 Å². The van der Waals surface area contributed by atoms with E-state index in [-0.39, 0.29) is 11.7 Å². The maximum Gasteiger partial charge on any atom is 0.244 e. The van der Waals surface area contributed by atoms with Gasteiger partial charge in [-0.15, -0.1) is 11.3 Å². The molecule has 1 spiro atoms. The Morgan fingerprint density at radius 2 is 2.05 bits per heavy atom. The molecule has 0 aromatic carbocycles. The Kier molecular flexibility index (Phi) is 3.32. The lowest BCUT2D eigenvalue weighted by Crippen LogP contribution is -2.38. The van der Waals surface area contributed by atoms with Crippen LogP contribution in [0.1, 0.15) is 41.6 Å². The molecule has 3 fully saturated rings. The van der Waals surface area contributed by atoms with E-state index >= 15 is 0 Å². The van der Waals surface area contributed by atoms with Crippen LogP contribution in [0.4, 0.5) is 0 Å². The Morgan fingerprint density at radius 1 is 1.29 bits per heavy atom. The van der Waals surface area contributed by atoms with Crippen molar-refractivity contribution in [3.63, 3.8) is 0 Å². The molecule has 1 atom stereocenters. The molecule has 1 saturated carbocycles. The van der Waals surface area contributed by atoms with Crippen molar-refractivity contribution in [3.05, 3.63) is 21.9 Å². The van der Waals surface area contributed by atoms with Gasteiger partial charge in [0.05, 0.1) is 0 Å². The van der Waals surface area contributed by atoms with Crippen molar-refractivity contribution < 1.29 is 4.79 Å². The number of hydrogen-bond acceptors (Lipinski definition) is 4. The first-order valence-corrected chi connectivity index (χ1v) is 8.87. The van der Waals surface area contributed by atoms with Gasteiger partial charge in [-0.25, -0.2) is 0 Å². The third kappa shape index (κ3) is 2.41. The van der Waals surface area contributed by atoms with E-state index < -0.39 is 0 Å². The van der Waals surface area contributed by atoms with E-state index in [4.69, 9.17) is 0 Å². The van der Waals surface area contributed by atoms with E-state index in [1.807, 2.05) is 11.3 Å². The van der Waals surface area contributed by atoms with Gasteiger partial charge in [0.1, 0.15) is 11.7 Å². The second-order valence-electron chi connectivity index (χ2n) is 6.62. The van der Waals surface area contributed by atoms with E-state index in [9.17, 15) is 4.79 Å². The van der Waals surface area contributed by atoms with Crippen molar-refractivity contribution in [3.8, 4) is 0 Å². The summed E-state index contributed by atoms with van der Waals surface area (Å²) in [7, 11) is 0. The van der Waals surface area contributed by atoms with Crippen LogP contribution in [0.2, 0.25) is 0 Å². The number of nitrogens with zero attached hydrogens (tertiary/aromatic N) is 2. The van der Waals surface area contributed by atoms with Gasteiger partial charge in [-0.1, -0.05) is 0 Å². The van der Waals surface area contributed by atoms with Crippen molar-refractivity contribution in [1.29, 1.82) is 0 Å². The van der Waals surface area contributed by atoms with Crippen molar-refractivity contribution in [2.45, 2.75) is 44.3 Å². The number of likely N-dealkylation sites (tertiary alicyclic amines) is 1. The van der Waals surface area contributed by atoms with Crippen molar-refractivity contribution in [2.24, 2.45) is 0 Å². The van der Waals surface area contributed by atoms with Crippen LogP contribution in [-0.4, -0.2) is 47.4 Å². The second kappa shape index (κ2) is 5.07. The molecule has 1 aromatic heterocycles. The average molecular weight is 305 g/mol. The fraction of sp³-hybridized carbons (Fsp3) is 0.688. The highest BCUT2D eigenvalue weighted by molar-refractivity contribution is 7.12. The van der Waals surface area contributed by atoms with E-state index in [2.05, 4.69) is 34.2 Å². The van der Waals surface area contributed by atoms with Crippen LogP contribution < -0.4 is 5.32 Å². The van der Waals surface area contributed by atoms with Gasteiger partial charge in [0.2, 0.25) is 5.91 Å². The van der Waals surface area contributed by atoms with Crippen LogP contribution in [0, 0.1) is 6.92 Å². The molecule has 4 nitrogen and oxygen atoms in total. The molecule has 1 amide bonds. The van der Waals surface area contributed by atoms with Crippen LogP contribution in [0.25, 0.3) is 0 Å². The third-order valence-corrected chi connectivity index (χ3v) is 6.08. The average Bonchev–Trinajstić information content (AvgIpc) is 2.82. The lowest BCUT2D eigenvalue weighted by molar-refractivity contribution is -0.131. The number of thiophene rings is 1. The highest BCUT2D eigenvalue weighted by atomic mass is 32.1. The Labute approximate surface area is 130 Å². The zero-order valence-corrected chi connectivity index (χ0v) is 13.4. The summed E-state index contributed by atoms with van der Waals surface area (Å²) in [5, 5.41) is 3.61. The summed E-state index contributed by atoms with van der Waals surface area (Å²) in [5.74, 6) is 0.331. The molecule has 1 unspecified atom stereocenters. The number of amides is 1. The molecule has 2 aliphatic heterocycles. The maximum atomic E-state index is 12.7. The summed E-state index contributed by atoms with van der Waals surface area (Å²) in [6.07, 6.45) is 4.73. The molecule has 3 heterocycles. The van der Waals surface area contributed by atoms with Crippen LogP contribution in [-0.2, 0) is 4.79 Å². The standard InChI is InChI=1S/C16H23N3OS/c1-12-4-5-13(21-12)14-17-16(6-7-16)15(20)19(14)11-10-18-8-2-3-9-18/h4-5,14,17H,2-3,6-11H2,1H3.